The second-order valence-electron chi connectivity index (χ2n) is 4.17. The summed E-state index contributed by atoms with van der Waals surface area (Å²) >= 11 is 0. The number of hydrogen-bond acceptors (Lipinski definition) is 2. The van der Waals surface area contributed by atoms with Gasteiger partial charge in [0.15, 0.2) is 0 Å². The molecule has 1 aliphatic rings. The highest BCUT2D eigenvalue weighted by molar-refractivity contribution is 5.76. The van der Waals surface area contributed by atoms with Gasteiger partial charge in [0.05, 0.1) is 5.92 Å². The van der Waals surface area contributed by atoms with E-state index in [-0.39, 0.29) is 11.9 Å². The lowest BCUT2D eigenvalue weighted by atomic mass is 10.0. The Balaban J connectivity index is 2.21. The van der Waals surface area contributed by atoms with Gasteiger partial charge in [0.2, 0.25) is 0 Å². The Bertz CT molecular complexity index is 309. The lowest BCUT2D eigenvalue weighted by Gasteiger charge is -1.96. The van der Waals surface area contributed by atoms with Crippen LogP contribution in [0.3, 0.4) is 0 Å². The van der Waals surface area contributed by atoms with Crippen LogP contribution < -0.4 is 0 Å². The summed E-state index contributed by atoms with van der Waals surface area (Å²) in [5, 5.41) is 0. The minimum absolute atomic E-state index is 0.0379. The molecule has 2 nitrogen and oxygen atoms in total. The molecule has 0 saturated carbocycles. The number of allylic oxidation sites excluding steroid dienone is 2. The van der Waals surface area contributed by atoms with Crippen LogP contribution in [-0.4, -0.2) is 5.97 Å². The number of ether oxygens (including phenoxy) is 1. The van der Waals surface area contributed by atoms with E-state index in [1.807, 2.05) is 12.2 Å². The summed E-state index contributed by atoms with van der Waals surface area (Å²) in [5.41, 5.74) is 3.12. The molecule has 0 N–H and O–H groups in total. The fourth-order valence-corrected chi connectivity index (χ4v) is 1.68. The first-order valence-corrected chi connectivity index (χ1v) is 6.03. The summed E-state index contributed by atoms with van der Waals surface area (Å²) in [5.74, 6) is 0.411. The first-order chi connectivity index (χ1) is 7.74. The maximum Gasteiger partial charge on any atom is 0.314 e. The van der Waals surface area contributed by atoms with Gasteiger partial charge in [0, 0.05) is 6.42 Å². The van der Waals surface area contributed by atoms with E-state index < -0.39 is 0 Å². The molecule has 2 heteroatoms. The Morgan fingerprint density at radius 2 is 2.31 bits per heavy atom. The zero-order valence-electron chi connectivity index (χ0n) is 10.00. The molecule has 1 heterocycles. The van der Waals surface area contributed by atoms with Gasteiger partial charge in [0.1, 0.15) is 5.76 Å². The van der Waals surface area contributed by atoms with Gasteiger partial charge < -0.3 is 4.74 Å². The zero-order chi connectivity index (χ0) is 11.8. The summed E-state index contributed by atoms with van der Waals surface area (Å²) in [4.78, 5) is 11.2. The van der Waals surface area contributed by atoms with Crippen molar-refractivity contribution >= 4 is 5.97 Å². The molecular weight excluding hydrogens is 200 g/mol. The number of cyclic esters (lactones) is 1. The van der Waals surface area contributed by atoms with Gasteiger partial charge in [-0.3, -0.25) is 4.79 Å². The van der Waals surface area contributed by atoms with Crippen LogP contribution in [0, 0.1) is 5.92 Å². The molecule has 0 amide bonds. The first-order valence-electron chi connectivity index (χ1n) is 6.03. The third-order valence-corrected chi connectivity index (χ3v) is 2.64. The van der Waals surface area contributed by atoms with Crippen LogP contribution >= 0.6 is 0 Å². The fraction of sp³-hybridized carbons (Fsp3) is 0.571. The average Bonchev–Trinajstić information content (AvgIpc) is 2.56. The van der Waals surface area contributed by atoms with Gasteiger partial charge >= 0.3 is 5.97 Å². The highest BCUT2D eigenvalue weighted by Crippen LogP contribution is 2.25. The molecule has 1 unspecified atom stereocenters. The first kappa shape index (κ1) is 12.8. The largest absolute Gasteiger partial charge is 0.431 e. The van der Waals surface area contributed by atoms with Crippen molar-refractivity contribution < 1.29 is 9.53 Å². The minimum atomic E-state index is -0.144. The molecule has 0 aromatic carbocycles. The Labute approximate surface area is 97.7 Å². The third kappa shape index (κ3) is 4.50. The number of rotatable bonds is 6. The number of hydrogen-bond donors (Lipinski definition) is 0. The maximum absolute atomic E-state index is 11.2. The smallest absolute Gasteiger partial charge is 0.314 e. The van der Waals surface area contributed by atoms with Crippen molar-refractivity contribution in [1.29, 1.82) is 0 Å². The van der Waals surface area contributed by atoms with Gasteiger partial charge in [0.25, 0.3) is 0 Å². The molecule has 1 rings (SSSR count). The monoisotopic (exact) mass is 220 g/mol. The molecule has 16 heavy (non-hydrogen) atoms. The van der Waals surface area contributed by atoms with Crippen LogP contribution in [0.25, 0.3) is 0 Å². The maximum atomic E-state index is 11.2. The van der Waals surface area contributed by atoms with Crippen LogP contribution in [0.1, 0.15) is 45.4 Å². The van der Waals surface area contributed by atoms with E-state index >= 15 is 0 Å². The van der Waals surface area contributed by atoms with Gasteiger partial charge in [-0.1, -0.05) is 26.3 Å². The lowest BCUT2D eigenvalue weighted by molar-refractivity contribution is -0.138. The Hall–Kier alpha value is -1.27. The zero-order valence-corrected chi connectivity index (χ0v) is 10.00. The van der Waals surface area contributed by atoms with Gasteiger partial charge in [-0.15, -0.1) is 5.73 Å². The topological polar surface area (TPSA) is 26.3 Å². The summed E-state index contributed by atoms with van der Waals surface area (Å²) in [7, 11) is 0. The molecular formula is C14H20O2. The Morgan fingerprint density at radius 1 is 1.50 bits per heavy atom. The predicted octanol–water partition coefficient (Wildman–Crippen LogP) is 3.74. The third-order valence-electron chi connectivity index (χ3n) is 2.64. The summed E-state index contributed by atoms with van der Waals surface area (Å²) in [6, 6.07) is 0. The van der Waals surface area contributed by atoms with E-state index in [2.05, 4.69) is 19.2 Å². The molecule has 88 valence electrons. The summed E-state index contributed by atoms with van der Waals surface area (Å²) in [6.07, 6.45) is 10.2. The summed E-state index contributed by atoms with van der Waals surface area (Å²) in [6.45, 7) is 5.84. The van der Waals surface area contributed by atoms with Crippen molar-refractivity contribution in [1.82, 2.24) is 0 Å². The van der Waals surface area contributed by atoms with Crippen LogP contribution in [0.5, 0.6) is 0 Å². The number of carbonyl (C=O) groups excluding carboxylic acids is 1. The van der Waals surface area contributed by atoms with Crippen LogP contribution in [0.2, 0.25) is 0 Å². The number of esters is 1. The van der Waals surface area contributed by atoms with E-state index in [1.165, 1.54) is 19.3 Å². The minimum Gasteiger partial charge on any atom is -0.431 e. The van der Waals surface area contributed by atoms with E-state index in [0.29, 0.717) is 18.6 Å². The molecule has 1 atom stereocenters. The van der Waals surface area contributed by atoms with Crippen molar-refractivity contribution in [3.05, 3.63) is 30.2 Å². The lowest BCUT2D eigenvalue weighted by Crippen LogP contribution is -2.05. The van der Waals surface area contributed by atoms with Crippen LogP contribution in [0.15, 0.2) is 30.2 Å². The van der Waals surface area contributed by atoms with Crippen molar-refractivity contribution in [3.63, 3.8) is 0 Å². The van der Waals surface area contributed by atoms with E-state index in [1.54, 1.807) is 0 Å². The van der Waals surface area contributed by atoms with Crippen LogP contribution in [-0.2, 0) is 9.53 Å². The van der Waals surface area contributed by atoms with Crippen molar-refractivity contribution in [3.8, 4) is 0 Å². The average molecular weight is 220 g/mol. The SMILES string of the molecule is C=C1CC(CC=C=CCCCCC)C(=O)O1. The molecule has 1 saturated heterocycles. The molecule has 0 spiro atoms. The molecule has 1 fully saturated rings. The van der Waals surface area contributed by atoms with Crippen molar-refractivity contribution in [2.45, 2.75) is 45.4 Å². The summed E-state index contributed by atoms with van der Waals surface area (Å²) < 4.78 is 4.89. The molecule has 0 aliphatic carbocycles. The van der Waals surface area contributed by atoms with E-state index in [9.17, 15) is 4.79 Å². The fourth-order valence-electron chi connectivity index (χ4n) is 1.68. The normalized spacial score (nSPS) is 19.2. The number of unbranched alkanes of at least 4 members (excludes halogenated alkanes) is 3. The molecule has 0 aromatic heterocycles. The predicted molar refractivity (Wildman–Crippen MR) is 64.8 cm³/mol. The highest BCUT2D eigenvalue weighted by Gasteiger charge is 2.28. The van der Waals surface area contributed by atoms with E-state index in [0.717, 1.165) is 6.42 Å². The van der Waals surface area contributed by atoms with E-state index in [4.69, 9.17) is 4.74 Å². The Morgan fingerprint density at radius 3 is 2.94 bits per heavy atom. The van der Waals surface area contributed by atoms with Gasteiger partial charge in [-0.05, 0) is 31.4 Å². The Kier molecular flexibility index (Phi) is 5.66. The molecule has 1 aliphatic heterocycles. The van der Waals surface area contributed by atoms with Crippen molar-refractivity contribution in [2.75, 3.05) is 0 Å². The second kappa shape index (κ2) is 7.08. The molecule has 0 bridgehead atoms. The van der Waals surface area contributed by atoms with Crippen molar-refractivity contribution in [2.24, 2.45) is 5.92 Å². The van der Waals surface area contributed by atoms with Gasteiger partial charge in [-0.2, -0.15) is 0 Å². The standard InChI is InChI=1S/C14H20O2/c1-3-4-5-6-7-8-9-10-13-11-12(2)16-14(13)15/h7,9,13H,2-6,10-11H2,1H3. The quantitative estimate of drug-likeness (QED) is 0.387. The molecule has 0 radical (unpaired) electrons. The number of carbonyl (C=O) groups is 1. The second-order valence-corrected chi connectivity index (χ2v) is 4.17. The van der Waals surface area contributed by atoms with Gasteiger partial charge in [-0.25, -0.2) is 0 Å². The highest BCUT2D eigenvalue weighted by atomic mass is 16.5. The van der Waals surface area contributed by atoms with Crippen LogP contribution in [0.4, 0.5) is 0 Å². The molecule has 0 aromatic rings.